The number of nitrogens with zero attached hydrogens (tertiary/aromatic N) is 1. The molecule has 0 aliphatic rings. The average Bonchev–Trinajstić information content (AvgIpc) is 3.16. The van der Waals surface area contributed by atoms with Gasteiger partial charge in [-0.15, -0.1) is 11.3 Å². The minimum absolute atomic E-state index is 0.221. The molecule has 0 bridgehead atoms. The van der Waals surface area contributed by atoms with Crippen LogP contribution in [0.2, 0.25) is 0 Å². The Kier molecular flexibility index (Phi) is 3.02. The van der Waals surface area contributed by atoms with Gasteiger partial charge >= 0.3 is 0 Å². The molecule has 1 atom stereocenters. The number of ketones is 1. The topological polar surface area (TPSA) is 82.3 Å². The van der Waals surface area contributed by atoms with Crippen molar-refractivity contribution in [2.75, 3.05) is 0 Å². The highest BCUT2D eigenvalue weighted by molar-refractivity contribution is 7.07. The van der Waals surface area contributed by atoms with Gasteiger partial charge in [-0.25, -0.2) is 4.98 Å². The van der Waals surface area contributed by atoms with Crippen molar-refractivity contribution >= 4 is 17.1 Å². The lowest BCUT2D eigenvalue weighted by Crippen LogP contribution is -2.20. The summed E-state index contributed by atoms with van der Waals surface area (Å²) in [5, 5.41) is 1.86. The van der Waals surface area contributed by atoms with Crippen LogP contribution in [0.5, 0.6) is 0 Å². The molecule has 0 aliphatic carbocycles. The molecule has 6 heteroatoms. The third-order valence-corrected chi connectivity index (χ3v) is 3.25. The first-order valence-corrected chi connectivity index (χ1v) is 6.51. The summed E-state index contributed by atoms with van der Waals surface area (Å²) in [6.07, 6.45) is 1.43. The summed E-state index contributed by atoms with van der Waals surface area (Å²) in [5.41, 5.74) is 8.32. The van der Waals surface area contributed by atoms with E-state index in [0.717, 1.165) is 5.69 Å². The van der Waals surface area contributed by atoms with E-state index in [0.29, 0.717) is 11.5 Å². The fourth-order valence-electron chi connectivity index (χ4n) is 1.69. The molecule has 19 heavy (non-hydrogen) atoms. The molecule has 0 saturated carbocycles. The summed E-state index contributed by atoms with van der Waals surface area (Å²) in [6.45, 7) is 0. The Balaban J connectivity index is 1.85. The van der Waals surface area contributed by atoms with E-state index in [1.807, 2.05) is 5.38 Å². The minimum Gasteiger partial charge on any atom is -0.461 e. The third kappa shape index (κ3) is 2.23. The van der Waals surface area contributed by atoms with E-state index in [4.69, 9.17) is 14.6 Å². The van der Waals surface area contributed by atoms with Crippen molar-refractivity contribution in [2.24, 2.45) is 5.73 Å². The van der Waals surface area contributed by atoms with Crippen LogP contribution in [-0.2, 0) is 0 Å². The van der Waals surface area contributed by atoms with Crippen molar-refractivity contribution in [3.8, 4) is 11.5 Å². The van der Waals surface area contributed by atoms with E-state index >= 15 is 0 Å². The predicted molar refractivity (Wildman–Crippen MR) is 69.8 cm³/mol. The van der Waals surface area contributed by atoms with Gasteiger partial charge in [0.25, 0.3) is 0 Å². The fourth-order valence-corrected chi connectivity index (χ4v) is 2.23. The van der Waals surface area contributed by atoms with Gasteiger partial charge in [0, 0.05) is 5.38 Å². The van der Waals surface area contributed by atoms with Gasteiger partial charge in [0.2, 0.25) is 5.78 Å². The first-order chi connectivity index (χ1) is 9.25. The van der Waals surface area contributed by atoms with Crippen LogP contribution in [0.15, 0.2) is 50.3 Å². The maximum absolute atomic E-state index is 12.0. The molecule has 1 unspecified atom stereocenters. The largest absolute Gasteiger partial charge is 0.461 e. The van der Waals surface area contributed by atoms with E-state index in [1.165, 1.54) is 17.6 Å². The standard InChI is InChI=1S/C13H10N2O3S/c14-12(13(16)11-2-1-5-17-11)10-4-3-9(18-10)8-6-19-7-15-8/h1-7,12H,14H2. The van der Waals surface area contributed by atoms with Crippen molar-refractivity contribution in [3.63, 3.8) is 0 Å². The zero-order chi connectivity index (χ0) is 13.2. The van der Waals surface area contributed by atoms with Crippen LogP contribution in [0, 0.1) is 0 Å². The van der Waals surface area contributed by atoms with Crippen LogP contribution < -0.4 is 5.73 Å². The van der Waals surface area contributed by atoms with E-state index in [9.17, 15) is 4.79 Å². The van der Waals surface area contributed by atoms with Gasteiger partial charge < -0.3 is 14.6 Å². The Morgan fingerprint density at radius 3 is 2.95 bits per heavy atom. The highest BCUT2D eigenvalue weighted by Gasteiger charge is 2.23. The van der Waals surface area contributed by atoms with Crippen molar-refractivity contribution in [1.29, 1.82) is 0 Å². The highest BCUT2D eigenvalue weighted by atomic mass is 32.1. The molecule has 0 saturated heterocycles. The minimum atomic E-state index is -0.876. The van der Waals surface area contributed by atoms with Gasteiger partial charge in [-0.1, -0.05) is 0 Å². The molecule has 0 amide bonds. The molecule has 5 nitrogen and oxygen atoms in total. The molecule has 3 rings (SSSR count). The summed E-state index contributed by atoms with van der Waals surface area (Å²) in [6, 6.07) is 5.77. The second-order valence-corrected chi connectivity index (χ2v) is 4.61. The lowest BCUT2D eigenvalue weighted by atomic mass is 10.1. The van der Waals surface area contributed by atoms with Crippen LogP contribution >= 0.6 is 11.3 Å². The molecule has 0 aromatic carbocycles. The maximum atomic E-state index is 12.0. The summed E-state index contributed by atoms with van der Waals surface area (Å²) in [7, 11) is 0. The average molecular weight is 274 g/mol. The van der Waals surface area contributed by atoms with Gasteiger partial charge in [0.15, 0.2) is 11.5 Å². The quantitative estimate of drug-likeness (QED) is 0.740. The number of rotatable bonds is 4. The van der Waals surface area contributed by atoms with Crippen molar-refractivity contribution in [2.45, 2.75) is 6.04 Å². The first-order valence-electron chi connectivity index (χ1n) is 5.57. The second kappa shape index (κ2) is 4.83. The van der Waals surface area contributed by atoms with Crippen LogP contribution in [0.1, 0.15) is 22.4 Å². The molecule has 3 aromatic rings. The molecule has 0 radical (unpaired) electrons. The monoisotopic (exact) mass is 274 g/mol. The number of nitrogens with two attached hydrogens (primary N) is 1. The van der Waals surface area contributed by atoms with Crippen molar-refractivity contribution in [1.82, 2.24) is 4.98 Å². The molecule has 0 fully saturated rings. The summed E-state index contributed by atoms with van der Waals surface area (Å²) in [4.78, 5) is 16.1. The van der Waals surface area contributed by atoms with E-state index in [2.05, 4.69) is 4.98 Å². The summed E-state index contributed by atoms with van der Waals surface area (Å²) in [5.74, 6) is 0.895. The Morgan fingerprint density at radius 2 is 2.26 bits per heavy atom. The number of Topliss-reactive ketones (excluding diaryl/α,β-unsaturated/α-hetero) is 1. The van der Waals surface area contributed by atoms with Crippen LogP contribution in [0.4, 0.5) is 0 Å². The second-order valence-electron chi connectivity index (χ2n) is 3.89. The van der Waals surface area contributed by atoms with Crippen LogP contribution in [0.3, 0.4) is 0 Å². The third-order valence-electron chi connectivity index (χ3n) is 2.66. The van der Waals surface area contributed by atoms with Crippen molar-refractivity contribution in [3.05, 3.63) is 52.9 Å². The van der Waals surface area contributed by atoms with E-state index < -0.39 is 6.04 Å². The zero-order valence-corrected chi connectivity index (χ0v) is 10.6. The lowest BCUT2D eigenvalue weighted by Gasteiger charge is -2.04. The Labute approximate surface area is 112 Å². The molecule has 3 heterocycles. The highest BCUT2D eigenvalue weighted by Crippen LogP contribution is 2.25. The smallest absolute Gasteiger partial charge is 0.222 e. The van der Waals surface area contributed by atoms with Gasteiger partial charge in [-0.3, -0.25) is 4.79 Å². The first kappa shape index (κ1) is 11.9. The fraction of sp³-hybridized carbons (Fsp3) is 0.0769. The molecule has 3 aromatic heterocycles. The SMILES string of the molecule is NC(C(=O)c1ccco1)c1ccc(-c2cscn2)o1. The normalized spacial score (nSPS) is 12.5. The van der Waals surface area contributed by atoms with Gasteiger partial charge in [-0.05, 0) is 24.3 Å². The van der Waals surface area contributed by atoms with Crippen LogP contribution in [0.25, 0.3) is 11.5 Å². The number of furan rings is 2. The number of aromatic nitrogens is 1. The molecular weight excluding hydrogens is 264 g/mol. The van der Waals surface area contributed by atoms with E-state index in [-0.39, 0.29) is 11.5 Å². The van der Waals surface area contributed by atoms with Crippen LogP contribution in [-0.4, -0.2) is 10.8 Å². The summed E-state index contributed by atoms with van der Waals surface area (Å²) < 4.78 is 10.6. The van der Waals surface area contributed by atoms with Gasteiger partial charge in [-0.2, -0.15) is 0 Å². The summed E-state index contributed by atoms with van der Waals surface area (Å²) >= 11 is 1.47. The molecule has 2 N–H and O–H groups in total. The number of thiazole rings is 1. The van der Waals surface area contributed by atoms with Crippen molar-refractivity contribution < 1.29 is 13.6 Å². The maximum Gasteiger partial charge on any atom is 0.222 e. The Hall–Kier alpha value is -2.18. The predicted octanol–water partition coefficient (Wildman–Crippen LogP) is 2.88. The molecular formula is C13H10N2O3S. The Bertz CT molecular complexity index is 671. The number of hydrogen-bond donors (Lipinski definition) is 1. The molecule has 96 valence electrons. The molecule has 0 aliphatic heterocycles. The Morgan fingerprint density at radius 1 is 1.37 bits per heavy atom. The zero-order valence-electron chi connectivity index (χ0n) is 9.78. The van der Waals surface area contributed by atoms with Gasteiger partial charge in [0.05, 0.1) is 11.8 Å². The van der Waals surface area contributed by atoms with E-state index in [1.54, 1.807) is 29.8 Å². The molecule has 0 spiro atoms. The van der Waals surface area contributed by atoms with Gasteiger partial charge in [0.1, 0.15) is 17.5 Å². The number of hydrogen-bond acceptors (Lipinski definition) is 6. The number of carbonyl (C=O) groups excluding carboxylic acids is 1. The lowest BCUT2D eigenvalue weighted by molar-refractivity contribution is 0.0924. The number of carbonyl (C=O) groups is 1.